The third-order valence-electron chi connectivity index (χ3n) is 10.9. The van der Waals surface area contributed by atoms with Gasteiger partial charge in [0.05, 0.1) is 27.9 Å². The van der Waals surface area contributed by atoms with E-state index in [1.54, 1.807) is 18.2 Å². The Hall–Kier alpha value is -1.69. The van der Waals surface area contributed by atoms with E-state index >= 15 is 0 Å². The van der Waals surface area contributed by atoms with Gasteiger partial charge in [-0.2, -0.15) is 0 Å². The third-order valence-corrected chi connectivity index (χ3v) is 17.3. The lowest BCUT2D eigenvalue weighted by Gasteiger charge is -2.58. The number of rotatable bonds is 24. The maximum Gasteiger partial charge on any atom is 0.251 e. The molecule has 9 nitrogen and oxygen atoms in total. The minimum atomic E-state index is -2.92. The number of nitrogens with one attached hydrogen (secondary N) is 1. The smallest absolute Gasteiger partial charge is 0.251 e. The molecule has 0 unspecified atom stereocenters. The van der Waals surface area contributed by atoms with Crippen LogP contribution in [0.5, 0.6) is 11.5 Å². The zero-order chi connectivity index (χ0) is 36.5. The van der Waals surface area contributed by atoms with Gasteiger partial charge in [-0.1, -0.05) is 138 Å². The normalized spacial score (nSPS) is 23.0. The maximum atomic E-state index is 13.8. The molecule has 0 radical (unpaired) electrons. The van der Waals surface area contributed by atoms with Crippen LogP contribution in [0.25, 0.3) is 0 Å². The summed E-state index contributed by atoms with van der Waals surface area (Å²) in [5.41, 5.74) is 0.272. The molecule has 284 valence electrons. The van der Waals surface area contributed by atoms with Crippen LogP contribution in [-0.4, -0.2) is 84.0 Å². The Kier molecular flexibility index (Phi) is 19.2. The second-order valence-corrected chi connectivity index (χ2v) is 21.2. The molecule has 1 saturated heterocycles. The molecule has 0 aliphatic carbocycles. The number of aliphatic hydroxyl groups excluding tert-OH is 3. The quantitative estimate of drug-likeness (QED) is 0.0545. The van der Waals surface area contributed by atoms with Gasteiger partial charge in [0.2, 0.25) is 0 Å². The first-order chi connectivity index (χ1) is 23.3. The molecule has 1 aromatic rings. The first-order valence-electron chi connectivity index (χ1n) is 19.3. The molecule has 0 aromatic heterocycles. The van der Waals surface area contributed by atoms with Gasteiger partial charge in [0, 0.05) is 5.56 Å². The van der Waals surface area contributed by atoms with E-state index in [9.17, 15) is 25.2 Å². The third kappa shape index (κ3) is 12.5. The number of ether oxygens (including phenoxy) is 3. The number of carbonyl (C=O) groups is 1. The van der Waals surface area contributed by atoms with E-state index in [4.69, 9.17) is 14.2 Å². The van der Waals surface area contributed by atoms with Gasteiger partial charge in [-0.15, -0.1) is 0 Å². The van der Waals surface area contributed by atoms with Crippen LogP contribution < -0.4 is 14.8 Å². The molecule has 0 spiro atoms. The first kappa shape index (κ1) is 43.5. The Balaban J connectivity index is 2.19. The summed E-state index contributed by atoms with van der Waals surface area (Å²) in [4.78, 5) is 13.8. The van der Waals surface area contributed by atoms with Crippen molar-refractivity contribution in [3.8, 4) is 11.5 Å². The van der Waals surface area contributed by atoms with E-state index in [0.29, 0.717) is 24.7 Å². The van der Waals surface area contributed by atoms with Crippen molar-refractivity contribution in [2.75, 3.05) is 19.8 Å². The van der Waals surface area contributed by atoms with E-state index in [1.807, 2.05) is 33.9 Å². The molecular weight excluding hydrogens is 639 g/mol. The summed E-state index contributed by atoms with van der Waals surface area (Å²) in [6.07, 6.45) is 14.7. The number of unbranched alkanes of at least 4 members (excludes halogenated alkanes) is 14. The molecule has 5 N–H and O–H groups in total. The van der Waals surface area contributed by atoms with Crippen molar-refractivity contribution >= 4 is 14.0 Å². The lowest BCUT2D eigenvalue weighted by molar-refractivity contribution is -0.267. The Labute approximate surface area is 298 Å². The molecule has 49 heavy (non-hydrogen) atoms. The van der Waals surface area contributed by atoms with E-state index in [1.165, 1.54) is 77.0 Å². The molecule has 1 amide bonds. The molecule has 2 rings (SSSR count). The summed E-state index contributed by atoms with van der Waals surface area (Å²) in [5, 5.41) is 45.0. The van der Waals surface area contributed by atoms with Gasteiger partial charge in [0.25, 0.3) is 5.91 Å². The molecule has 1 aromatic carbocycles. The fourth-order valence-corrected chi connectivity index (χ4v) is 9.76. The fourth-order valence-electron chi connectivity index (χ4n) is 6.64. The highest BCUT2D eigenvalue weighted by atomic mass is 28.3. The zero-order valence-corrected chi connectivity index (χ0v) is 32.9. The number of hydrogen-bond acceptors (Lipinski definition) is 8. The molecule has 0 saturated carbocycles. The highest BCUT2D eigenvalue weighted by Crippen LogP contribution is 2.48. The topological polar surface area (TPSA) is 138 Å². The number of carbonyl (C=O) groups excluding carboxylic acids is 1. The Morgan fingerprint density at radius 1 is 0.816 bits per heavy atom. The van der Waals surface area contributed by atoms with Crippen molar-refractivity contribution in [3.05, 3.63) is 23.8 Å². The predicted octanol–water partition coefficient (Wildman–Crippen LogP) is 7.67. The predicted molar refractivity (Wildman–Crippen MR) is 200 cm³/mol. The summed E-state index contributed by atoms with van der Waals surface area (Å²) < 4.78 is 17.9. The summed E-state index contributed by atoms with van der Waals surface area (Å²) >= 11 is 0. The van der Waals surface area contributed by atoms with E-state index in [2.05, 4.69) is 19.2 Å². The van der Waals surface area contributed by atoms with Crippen LogP contribution in [0.4, 0.5) is 0 Å². The number of hydrogen-bond donors (Lipinski definition) is 5. The van der Waals surface area contributed by atoms with E-state index in [0.717, 1.165) is 25.7 Å². The Morgan fingerprint density at radius 3 is 1.76 bits per heavy atom. The highest BCUT2D eigenvalue weighted by Gasteiger charge is 2.66. The van der Waals surface area contributed by atoms with Gasteiger partial charge in [-0.3, -0.25) is 4.79 Å². The maximum absolute atomic E-state index is 13.8. The van der Waals surface area contributed by atoms with Crippen molar-refractivity contribution in [1.82, 2.24) is 5.32 Å². The van der Waals surface area contributed by atoms with Crippen molar-refractivity contribution in [2.24, 2.45) is 0 Å². The summed E-state index contributed by atoms with van der Waals surface area (Å²) in [6, 6.07) is 3.71. The van der Waals surface area contributed by atoms with Gasteiger partial charge in [-0.25, -0.2) is 0 Å². The van der Waals surface area contributed by atoms with Crippen LogP contribution in [0.1, 0.15) is 148 Å². The highest BCUT2D eigenvalue weighted by molar-refractivity contribution is 6.83. The monoisotopic (exact) mass is 709 g/mol. The number of amides is 1. The second kappa shape index (κ2) is 21.6. The molecule has 1 heterocycles. The van der Waals surface area contributed by atoms with Crippen LogP contribution in [0.3, 0.4) is 0 Å². The Bertz CT molecular complexity index is 1080. The van der Waals surface area contributed by atoms with E-state index in [-0.39, 0.29) is 5.56 Å². The summed E-state index contributed by atoms with van der Waals surface area (Å²) in [5.74, 6) is 0.515. The molecule has 1 aliphatic rings. The minimum Gasteiger partial charge on any atom is -0.490 e. The first-order valence-corrected chi connectivity index (χ1v) is 22.3. The molecular formula is C39H71NO8Si. The SMILES string of the molecule is CCCCCCCCCCOc1ccc(C(=O)N[C@@H]2[C@@H](O)O[C@H](CO)[C@@H](O)[C@@]2(O)[Si](C)(C)C(C)(C)C)cc1OCCCCCCCCCC. The lowest BCUT2D eigenvalue weighted by Crippen LogP contribution is -2.81. The fraction of sp³-hybridized carbons (Fsp3) is 0.821. The number of benzene rings is 1. The van der Waals surface area contributed by atoms with E-state index < -0.39 is 55.4 Å². The average Bonchev–Trinajstić information content (AvgIpc) is 3.06. The second-order valence-electron chi connectivity index (χ2n) is 15.7. The number of aliphatic hydroxyl groups is 4. The summed E-state index contributed by atoms with van der Waals surface area (Å²) in [6.45, 7) is 14.7. The van der Waals surface area contributed by atoms with Crippen molar-refractivity contribution in [3.63, 3.8) is 0 Å². The minimum absolute atomic E-state index is 0.272. The Morgan fingerprint density at radius 2 is 1.29 bits per heavy atom. The standard InChI is InChI=1S/C39H71NO8Si/c1-8-10-12-14-16-18-20-22-26-46-31-25-24-30(28-32(31)47-27-23-21-19-17-15-13-11-9-2)36(43)40-34-37(44)48-33(29-41)35(42)39(34,45)49(6,7)38(3,4)5/h24-25,28,33-35,37,41-42,44-45H,8-23,26-27,29H2,1-7H3,(H,40,43)/t33-,34-,35-,37+,39+/m1/s1. The zero-order valence-electron chi connectivity index (χ0n) is 31.9. The van der Waals surface area contributed by atoms with Crippen LogP contribution in [0.15, 0.2) is 18.2 Å². The average molecular weight is 710 g/mol. The van der Waals surface area contributed by atoms with Gasteiger partial charge >= 0.3 is 0 Å². The molecule has 1 aliphatic heterocycles. The summed E-state index contributed by atoms with van der Waals surface area (Å²) in [7, 11) is -2.92. The van der Waals surface area contributed by atoms with Gasteiger partial charge in [-0.05, 0) is 36.1 Å². The van der Waals surface area contributed by atoms with Crippen LogP contribution >= 0.6 is 0 Å². The molecule has 10 heteroatoms. The molecule has 5 atom stereocenters. The largest absolute Gasteiger partial charge is 0.490 e. The van der Waals surface area contributed by atoms with Gasteiger partial charge in [0.1, 0.15) is 23.5 Å². The van der Waals surface area contributed by atoms with Gasteiger partial charge in [0.15, 0.2) is 17.8 Å². The lowest BCUT2D eigenvalue weighted by atomic mass is 9.95. The van der Waals surface area contributed by atoms with Crippen molar-refractivity contribution < 1.29 is 39.4 Å². The molecule has 0 bridgehead atoms. The van der Waals surface area contributed by atoms with Crippen LogP contribution in [0.2, 0.25) is 18.1 Å². The van der Waals surface area contributed by atoms with Crippen molar-refractivity contribution in [2.45, 2.75) is 185 Å². The van der Waals surface area contributed by atoms with Crippen LogP contribution in [0, 0.1) is 0 Å². The van der Waals surface area contributed by atoms with Crippen LogP contribution in [-0.2, 0) is 4.74 Å². The molecule has 1 fully saturated rings. The van der Waals surface area contributed by atoms with Crippen molar-refractivity contribution in [1.29, 1.82) is 0 Å². The van der Waals surface area contributed by atoms with Gasteiger partial charge < -0.3 is 40.0 Å².